The van der Waals surface area contributed by atoms with E-state index in [1.54, 1.807) is 0 Å². The average Bonchev–Trinajstić information content (AvgIpc) is 2.57. The molecule has 1 unspecified atom stereocenters. The predicted molar refractivity (Wildman–Crippen MR) is 74.6 cm³/mol. The summed E-state index contributed by atoms with van der Waals surface area (Å²) in [5.74, 6) is 0.523. The van der Waals surface area contributed by atoms with Gasteiger partial charge in [-0.1, -0.05) is 55.0 Å². The molecule has 0 bridgehead atoms. The van der Waals surface area contributed by atoms with Gasteiger partial charge in [-0.15, -0.1) is 0 Å². The van der Waals surface area contributed by atoms with Crippen LogP contribution in [0, 0.1) is 5.92 Å². The van der Waals surface area contributed by atoms with E-state index in [4.69, 9.17) is 28.9 Å². The first-order chi connectivity index (χ1) is 8.20. The predicted octanol–water partition coefficient (Wildman–Crippen LogP) is 4.96. The van der Waals surface area contributed by atoms with Crippen LogP contribution in [0.4, 0.5) is 0 Å². The molecule has 0 saturated heterocycles. The molecule has 0 heterocycles. The number of halogens is 2. The monoisotopic (exact) mass is 271 g/mol. The lowest BCUT2D eigenvalue weighted by molar-refractivity contribution is 0.382. The molecule has 17 heavy (non-hydrogen) atoms. The van der Waals surface area contributed by atoms with Gasteiger partial charge in [-0.2, -0.15) is 0 Å². The normalized spacial score (nSPS) is 19.9. The first-order valence-electron chi connectivity index (χ1n) is 6.39. The minimum absolute atomic E-state index is 0.0192. The molecule has 0 aromatic heterocycles. The van der Waals surface area contributed by atoms with Crippen LogP contribution >= 0.6 is 23.2 Å². The first-order valence-corrected chi connectivity index (χ1v) is 7.15. The van der Waals surface area contributed by atoms with Crippen molar-refractivity contribution in [2.45, 2.75) is 44.6 Å². The Balaban J connectivity index is 2.20. The van der Waals surface area contributed by atoms with E-state index in [1.807, 2.05) is 18.2 Å². The number of benzene rings is 1. The van der Waals surface area contributed by atoms with Crippen molar-refractivity contribution in [3.63, 3.8) is 0 Å². The van der Waals surface area contributed by atoms with Crippen LogP contribution in [0.25, 0.3) is 0 Å². The molecule has 1 aromatic rings. The lowest BCUT2D eigenvalue weighted by Crippen LogP contribution is -2.21. The zero-order chi connectivity index (χ0) is 12.3. The maximum atomic E-state index is 6.37. The third-order valence-corrected chi connectivity index (χ3v) is 4.40. The van der Waals surface area contributed by atoms with Crippen LogP contribution < -0.4 is 5.73 Å². The van der Waals surface area contributed by atoms with Crippen LogP contribution in [0.3, 0.4) is 0 Å². The molecule has 0 amide bonds. The molecule has 1 atom stereocenters. The van der Waals surface area contributed by atoms with E-state index in [0.29, 0.717) is 16.0 Å². The summed E-state index contributed by atoms with van der Waals surface area (Å²) in [6, 6.07) is 5.60. The number of hydrogen-bond donors (Lipinski definition) is 1. The summed E-state index contributed by atoms with van der Waals surface area (Å²) in [4.78, 5) is 0. The van der Waals surface area contributed by atoms with Gasteiger partial charge >= 0.3 is 0 Å². The summed E-state index contributed by atoms with van der Waals surface area (Å²) in [6.07, 6.45) is 7.62. The molecular formula is C14H19Cl2N. The van der Waals surface area contributed by atoms with Crippen molar-refractivity contribution in [2.24, 2.45) is 11.7 Å². The van der Waals surface area contributed by atoms with Crippen LogP contribution in [-0.4, -0.2) is 0 Å². The summed E-state index contributed by atoms with van der Waals surface area (Å²) in [7, 11) is 0. The lowest BCUT2D eigenvalue weighted by atomic mass is 9.88. The van der Waals surface area contributed by atoms with Crippen molar-refractivity contribution in [2.75, 3.05) is 0 Å². The van der Waals surface area contributed by atoms with Gasteiger partial charge in [0.15, 0.2) is 0 Å². The summed E-state index contributed by atoms with van der Waals surface area (Å²) < 4.78 is 0. The Kier molecular flexibility index (Phi) is 4.72. The van der Waals surface area contributed by atoms with Gasteiger partial charge in [0.25, 0.3) is 0 Å². The molecule has 1 saturated carbocycles. The summed E-state index contributed by atoms with van der Waals surface area (Å²) >= 11 is 12.4. The van der Waals surface area contributed by atoms with Crippen molar-refractivity contribution in [1.82, 2.24) is 0 Å². The molecule has 1 aromatic carbocycles. The topological polar surface area (TPSA) is 26.0 Å². The van der Waals surface area contributed by atoms with Gasteiger partial charge in [0.2, 0.25) is 0 Å². The van der Waals surface area contributed by atoms with Crippen LogP contribution in [0.15, 0.2) is 18.2 Å². The second-order valence-corrected chi connectivity index (χ2v) is 5.73. The Morgan fingerprint density at radius 1 is 1.00 bits per heavy atom. The molecule has 94 valence electrons. The third-order valence-electron chi connectivity index (χ3n) is 3.74. The quantitative estimate of drug-likeness (QED) is 0.756. The first kappa shape index (κ1) is 13.2. The van der Waals surface area contributed by atoms with Crippen molar-refractivity contribution in [1.29, 1.82) is 0 Å². The van der Waals surface area contributed by atoms with E-state index in [2.05, 4.69) is 0 Å². The maximum absolute atomic E-state index is 6.37. The highest BCUT2D eigenvalue weighted by molar-refractivity contribution is 6.36. The SMILES string of the molecule is NC(c1c(Cl)cccc1Cl)C1CCCCCC1. The second kappa shape index (κ2) is 6.08. The Morgan fingerprint density at radius 3 is 2.06 bits per heavy atom. The van der Waals surface area contributed by atoms with Crippen molar-refractivity contribution >= 4 is 23.2 Å². The Morgan fingerprint density at radius 2 is 1.53 bits per heavy atom. The second-order valence-electron chi connectivity index (χ2n) is 4.91. The molecule has 1 aliphatic carbocycles. The number of rotatable bonds is 2. The molecule has 0 spiro atoms. The standard InChI is InChI=1S/C14H19Cl2N/c15-11-8-5-9-12(16)13(11)14(17)10-6-3-1-2-4-7-10/h5,8-10,14H,1-4,6-7,17H2. The van der Waals surface area contributed by atoms with E-state index in [1.165, 1.54) is 38.5 Å². The van der Waals surface area contributed by atoms with Gasteiger partial charge in [-0.05, 0) is 30.9 Å². The molecule has 1 aliphatic rings. The maximum Gasteiger partial charge on any atom is 0.0468 e. The Bertz CT molecular complexity index is 350. The summed E-state index contributed by atoms with van der Waals surface area (Å²) in [6.45, 7) is 0. The Labute approximate surface area is 113 Å². The van der Waals surface area contributed by atoms with Crippen molar-refractivity contribution in [3.8, 4) is 0 Å². The highest BCUT2D eigenvalue weighted by Gasteiger charge is 2.24. The van der Waals surface area contributed by atoms with E-state index in [-0.39, 0.29) is 6.04 Å². The Hall–Kier alpha value is -0.240. The van der Waals surface area contributed by atoms with Crippen LogP contribution in [0.2, 0.25) is 10.0 Å². The zero-order valence-corrected chi connectivity index (χ0v) is 11.5. The van der Waals surface area contributed by atoms with Crippen molar-refractivity contribution in [3.05, 3.63) is 33.8 Å². The van der Waals surface area contributed by atoms with Gasteiger partial charge in [-0.25, -0.2) is 0 Å². The number of nitrogens with two attached hydrogens (primary N) is 1. The molecule has 1 fully saturated rings. The fourth-order valence-electron chi connectivity index (χ4n) is 2.73. The van der Waals surface area contributed by atoms with Gasteiger partial charge in [0.1, 0.15) is 0 Å². The van der Waals surface area contributed by atoms with Crippen molar-refractivity contribution < 1.29 is 0 Å². The van der Waals surface area contributed by atoms with E-state index >= 15 is 0 Å². The molecule has 0 aliphatic heterocycles. The molecule has 3 heteroatoms. The van der Waals surface area contributed by atoms with E-state index in [0.717, 1.165) is 5.56 Å². The highest BCUT2D eigenvalue weighted by Crippen LogP contribution is 2.37. The lowest BCUT2D eigenvalue weighted by Gasteiger charge is -2.24. The summed E-state index contributed by atoms with van der Waals surface area (Å²) in [5, 5.41) is 1.41. The van der Waals surface area contributed by atoms with Gasteiger partial charge < -0.3 is 5.73 Å². The number of hydrogen-bond acceptors (Lipinski definition) is 1. The van der Waals surface area contributed by atoms with Gasteiger partial charge in [0.05, 0.1) is 0 Å². The molecule has 1 nitrogen and oxygen atoms in total. The molecule has 0 radical (unpaired) electrons. The molecule has 2 N–H and O–H groups in total. The minimum Gasteiger partial charge on any atom is -0.324 e. The third kappa shape index (κ3) is 3.15. The van der Waals surface area contributed by atoms with Crippen LogP contribution in [0.5, 0.6) is 0 Å². The highest BCUT2D eigenvalue weighted by atomic mass is 35.5. The fraction of sp³-hybridized carbons (Fsp3) is 0.571. The molecule has 2 rings (SSSR count). The summed E-state index contributed by atoms with van der Waals surface area (Å²) in [5.41, 5.74) is 7.31. The van der Waals surface area contributed by atoms with Crippen LogP contribution in [0.1, 0.15) is 50.1 Å². The average molecular weight is 272 g/mol. The smallest absolute Gasteiger partial charge is 0.0468 e. The largest absolute Gasteiger partial charge is 0.324 e. The van der Waals surface area contributed by atoms with Crippen LogP contribution in [-0.2, 0) is 0 Å². The van der Waals surface area contributed by atoms with Gasteiger partial charge in [0, 0.05) is 21.7 Å². The minimum atomic E-state index is -0.0192. The zero-order valence-electron chi connectivity index (χ0n) is 9.96. The van der Waals surface area contributed by atoms with E-state index < -0.39 is 0 Å². The van der Waals surface area contributed by atoms with Gasteiger partial charge in [-0.3, -0.25) is 0 Å². The fourth-order valence-corrected chi connectivity index (χ4v) is 3.38. The molecular weight excluding hydrogens is 253 g/mol. The van der Waals surface area contributed by atoms with E-state index in [9.17, 15) is 0 Å².